The molecule has 3 rings (SSSR count). The largest absolute Gasteiger partial charge is 0.497 e. The molecular formula is C20H17NO7. The van der Waals surface area contributed by atoms with Crippen molar-refractivity contribution >= 4 is 28.5 Å². The van der Waals surface area contributed by atoms with Crippen LogP contribution in [0, 0.1) is 0 Å². The van der Waals surface area contributed by atoms with Crippen LogP contribution >= 0.6 is 0 Å². The van der Waals surface area contributed by atoms with Crippen LogP contribution in [0.5, 0.6) is 11.5 Å². The monoisotopic (exact) mass is 383 g/mol. The first-order valence-electron chi connectivity index (χ1n) is 8.23. The van der Waals surface area contributed by atoms with E-state index < -0.39 is 17.5 Å². The topological polar surface area (TPSA) is 104 Å². The molecule has 0 bridgehead atoms. The molecule has 3 aromatic rings. The van der Waals surface area contributed by atoms with Crippen molar-refractivity contribution in [3.05, 3.63) is 64.5 Å². The molecule has 0 aliphatic rings. The molecule has 8 heteroatoms. The minimum Gasteiger partial charge on any atom is -0.497 e. The van der Waals surface area contributed by atoms with Crippen LogP contribution in [0.2, 0.25) is 0 Å². The molecular weight excluding hydrogens is 366 g/mol. The number of carbonyl (C=O) groups excluding carboxylic acids is 2. The van der Waals surface area contributed by atoms with Gasteiger partial charge in [-0.25, -0.2) is 9.59 Å². The molecule has 0 saturated heterocycles. The van der Waals surface area contributed by atoms with E-state index in [9.17, 15) is 14.4 Å². The van der Waals surface area contributed by atoms with Gasteiger partial charge in [0.15, 0.2) is 6.61 Å². The highest BCUT2D eigenvalue weighted by molar-refractivity contribution is 6.02. The Morgan fingerprint density at radius 2 is 1.75 bits per heavy atom. The summed E-state index contributed by atoms with van der Waals surface area (Å²) in [5, 5.41) is 3.33. The van der Waals surface area contributed by atoms with Crippen molar-refractivity contribution in [1.29, 1.82) is 0 Å². The lowest BCUT2D eigenvalue weighted by molar-refractivity contribution is -0.118. The van der Waals surface area contributed by atoms with Crippen molar-refractivity contribution < 1.29 is 28.2 Å². The lowest BCUT2D eigenvalue weighted by Crippen LogP contribution is -2.21. The maximum atomic E-state index is 12.2. The first-order valence-corrected chi connectivity index (χ1v) is 8.23. The molecule has 1 aromatic heterocycles. The molecule has 28 heavy (non-hydrogen) atoms. The third-order valence-electron chi connectivity index (χ3n) is 3.87. The van der Waals surface area contributed by atoms with Gasteiger partial charge in [0.25, 0.3) is 5.91 Å². The Kier molecular flexibility index (Phi) is 5.59. The van der Waals surface area contributed by atoms with E-state index in [1.807, 2.05) is 0 Å². The average Bonchev–Trinajstić information content (AvgIpc) is 2.71. The summed E-state index contributed by atoms with van der Waals surface area (Å²) < 4.78 is 20.3. The fraction of sp³-hybridized carbons (Fsp3) is 0.150. The summed E-state index contributed by atoms with van der Waals surface area (Å²) in [6, 6.07) is 12.5. The molecule has 0 aliphatic heterocycles. The zero-order valence-electron chi connectivity index (χ0n) is 15.2. The van der Waals surface area contributed by atoms with E-state index in [0.717, 1.165) is 5.39 Å². The fourth-order valence-electron chi connectivity index (χ4n) is 2.50. The third-order valence-corrected chi connectivity index (χ3v) is 3.87. The number of amides is 1. The number of rotatable bonds is 6. The van der Waals surface area contributed by atoms with E-state index in [4.69, 9.17) is 18.6 Å². The van der Waals surface area contributed by atoms with Gasteiger partial charge >= 0.3 is 11.6 Å². The minimum atomic E-state index is -0.611. The van der Waals surface area contributed by atoms with Crippen molar-refractivity contribution in [1.82, 2.24) is 0 Å². The van der Waals surface area contributed by atoms with Crippen molar-refractivity contribution in [2.45, 2.75) is 0 Å². The molecule has 1 amide bonds. The highest BCUT2D eigenvalue weighted by Crippen LogP contribution is 2.23. The summed E-state index contributed by atoms with van der Waals surface area (Å²) in [7, 11) is 2.71. The predicted molar refractivity (Wildman–Crippen MR) is 101 cm³/mol. The zero-order valence-corrected chi connectivity index (χ0v) is 15.2. The average molecular weight is 383 g/mol. The quantitative estimate of drug-likeness (QED) is 0.515. The molecule has 2 aromatic carbocycles. The van der Waals surface area contributed by atoms with Gasteiger partial charge in [-0.15, -0.1) is 0 Å². The first-order chi connectivity index (χ1) is 13.5. The van der Waals surface area contributed by atoms with E-state index in [0.29, 0.717) is 17.1 Å². The summed E-state index contributed by atoms with van der Waals surface area (Å²) in [4.78, 5) is 35.5. The van der Waals surface area contributed by atoms with Gasteiger partial charge in [-0.3, -0.25) is 4.79 Å². The van der Waals surface area contributed by atoms with Crippen LogP contribution in [0.4, 0.5) is 5.69 Å². The number of carbonyl (C=O) groups is 2. The van der Waals surface area contributed by atoms with Gasteiger partial charge in [0.05, 0.1) is 25.5 Å². The number of hydrogen-bond acceptors (Lipinski definition) is 7. The van der Waals surface area contributed by atoms with Crippen molar-refractivity contribution in [2.75, 3.05) is 26.1 Å². The highest BCUT2D eigenvalue weighted by Gasteiger charge is 2.15. The predicted octanol–water partition coefficient (Wildman–Crippen LogP) is 2.61. The summed E-state index contributed by atoms with van der Waals surface area (Å²) in [6.07, 6.45) is 0. The standard InChI is InChI=1S/C20H17NO7/c1-25-13-6-7-16(15(9-13)20(24)26-2)21-18(22)11-27-14-5-3-12-4-8-19(23)28-17(12)10-14/h3-10H,11H2,1-2H3,(H,21,22). The zero-order chi connectivity index (χ0) is 20.1. The Balaban J connectivity index is 1.71. The lowest BCUT2D eigenvalue weighted by Gasteiger charge is -2.12. The van der Waals surface area contributed by atoms with Gasteiger partial charge in [0.1, 0.15) is 17.1 Å². The smallest absolute Gasteiger partial charge is 0.340 e. The van der Waals surface area contributed by atoms with E-state index >= 15 is 0 Å². The summed E-state index contributed by atoms with van der Waals surface area (Å²) in [5.74, 6) is -0.281. The van der Waals surface area contributed by atoms with Gasteiger partial charge < -0.3 is 23.9 Å². The normalized spacial score (nSPS) is 10.4. The van der Waals surface area contributed by atoms with E-state index in [-0.39, 0.29) is 17.9 Å². The maximum Gasteiger partial charge on any atom is 0.340 e. The van der Waals surface area contributed by atoms with Crippen LogP contribution in [-0.4, -0.2) is 32.7 Å². The van der Waals surface area contributed by atoms with Gasteiger partial charge in [-0.05, 0) is 36.4 Å². The Labute approximate surface area is 159 Å². The maximum absolute atomic E-state index is 12.2. The molecule has 0 atom stereocenters. The Bertz CT molecular complexity index is 1090. The molecule has 0 spiro atoms. The fourth-order valence-corrected chi connectivity index (χ4v) is 2.50. The van der Waals surface area contributed by atoms with Crippen LogP contribution in [0.15, 0.2) is 57.7 Å². The molecule has 144 valence electrons. The van der Waals surface area contributed by atoms with Gasteiger partial charge in [-0.2, -0.15) is 0 Å². The lowest BCUT2D eigenvalue weighted by atomic mass is 10.1. The van der Waals surface area contributed by atoms with Gasteiger partial charge in [0, 0.05) is 17.5 Å². The van der Waals surface area contributed by atoms with Crippen LogP contribution < -0.4 is 20.4 Å². The first kappa shape index (κ1) is 19.0. The second-order valence-corrected chi connectivity index (χ2v) is 5.69. The molecule has 0 unspecified atom stereocenters. The molecule has 8 nitrogen and oxygen atoms in total. The second-order valence-electron chi connectivity index (χ2n) is 5.69. The molecule has 0 saturated carbocycles. The Morgan fingerprint density at radius 3 is 2.50 bits per heavy atom. The van der Waals surface area contributed by atoms with Crippen LogP contribution in [0.25, 0.3) is 11.0 Å². The number of ether oxygens (including phenoxy) is 3. The molecule has 1 N–H and O–H groups in total. The molecule has 0 fully saturated rings. The van der Waals surface area contributed by atoms with Crippen LogP contribution in [0.1, 0.15) is 10.4 Å². The van der Waals surface area contributed by atoms with Crippen molar-refractivity contribution in [2.24, 2.45) is 0 Å². The number of anilines is 1. The number of fused-ring (bicyclic) bond motifs is 1. The number of methoxy groups -OCH3 is 2. The molecule has 0 aliphatic carbocycles. The summed E-state index contributed by atoms with van der Waals surface area (Å²) in [6.45, 7) is -0.310. The Hall–Kier alpha value is -3.81. The SMILES string of the molecule is COC(=O)c1cc(OC)ccc1NC(=O)COc1ccc2ccc(=O)oc2c1. The number of esters is 1. The molecule has 1 heterocycles. The van der Waals surface area contributed by atoms with Crippen molar-refractivity contribution in [3.8, 4) is 11.5 Å². The number of hydrogen-bond donors (Lipinski definition) is 1. The second kappa shape index (κ2) is 8.26. The summed E-state index contributed by atoms with van der Waals surface area (Å²) >= 11 is 0. The Morgan fingerprint density at radius 1 is 1.00 bits per heavy atom. The molecule has 0 radical (unpaired) electrons. The summed E-state index contributed by atoms with van der Waals surface area (Å²) in [5.41, 5.74) is 0.305. The van der Waals surface area contributed by atoms with E-state index in [2.05, 4.69) is 5.32 Å². The van der Waals surface area contributed by atoms with Gasteiger partial charge in [-0.1, -0.05) is 0 Å². The number of benzene rings is 2. The van der Waals surface area contributed by atoms with Gasteiger partial charge in [0.2, 0.25) is 0 Å². The van der Waals surface area contributed by atoms with Crippen LogP contribution in [0.3, 0.4) is 0 Å². The highest BCUT2D eigenvalue weighted by atomic mass is 16.5. The van der Waals surface area contributed by atoms with Crippen molar-refractivity contribution in [3.63, 3.8) is 0 Å². The van der Waals surface area contributed by atoms with E-state index in [1.54, 1.807) is 24.3 Å². The number of nitrogens with one attached hydrogen (secondary N) is 1. The van der Waals surface area contributed by atoms with E-state index in [1.165, 1.54) is 38.5 Å². The third kappa shape index (κ3) is 4.29. The van der Waals surface area contributed by atoms with Crippen LogP contribution in [-0.2, 0) is 9.53 Å². The minimum absolute atomic E-state index is 0.155.